The molecule has 7 nitrogen and oxygen atoms in total. The summed E-state index contributed by atoms with van der Waals surface area (Å²) >= 11 is 0. The normalized spacial score (nSPS) is 16.9. The Balaban J connectivity index is 1.58. The molecule has 2 aliphatic rings. The molecule has 1 aromatic heterocycles. The molecular formula is C38H45F4N3O4. The minimum Gasteiger partial charge on any atom is -0.481 e. The monoisotopic (exact) mass is 683 g/mol. The number of pyridine rings is 1. The van der Waals surface area contributed by atoms with Gasteiger partial charge in [0.05, 0.1) is 18.0 Å². The quantitative estimate of drug-likeness (QED) is 0.216. The number of benzene rings is 2. The van der Waals surface area contributed by atoms with Crippen LogP contribution in [0.1, 0.15) is 103 Å². The van der Waals surface area contributed by atoms with Gasteiger partial charge in [-0.1, -0.05) is 19.9 Å². The second kappa shape index (κ2) is 14.5. The van der Waals surface area contributed by atoms with Crippen molar-refractivity contribution in [3.63, 3.8) is 0 Å². The number of hydrogen-bond donors (Lipinski definition) is 2. The number of aryl methyl sites for hydroxylation is 3. The van der Waals surface area contributed by atoms with Gasteiger partial charge in [0.2, 0.25) is 5.91 Å². The zero-order valence-corrected chi connectivity index (χ0v) is 28.7. The van der Waals surface area contributed by atoms with Crippen LogP contribution in [0, 0.1) is 25.6 Å². The van der Waals surface area contributed by atoms with Gasteiger partial charge in [-0.2, -0.15) is 13.2 Å². The number of rotatable bonds is 10. The van der Waals surface area contributed by atoms with Crippen LogP contribution in [0.5, 0.6) is 0 Å². The number of carboxylic acid groups (broad SMARTS) is 1. The number of nitrogens with zero attached hydrogens (tertiary/aromatic N) is 2. The third-order valence-corrected chi connectivity index (χ3v) is 10.0. The lowest BCUT2D eigenvalue weighted by Gasteiger charge is -2.32. The summed E-state index contributed by atoms with van der Waals surface area (Å²) in [7, 11) is 1.91. The van der Waals surface area contributed by atoms with E-state index in [1.165, 1.54) is 18.3 Å². The van der Waals surface area contributed by atoms with Crippen molar-refractivity contribution in [1.29, 1.82) is 0 Å². The highest BCUT2D eigenvalue weighted by molar-refractivity contribution is 5.82. The van der Waals surface area contributed by atoms with Crippen molar-refractivity contribution in [3.05, 3.63) is 91.6 Å². The van der Waals surface area contributed by atoms with Gasteiger partial charge >= 0.3 is 12.1 Å². The molecule has 2 N–H and O–H groups in total. The number of amides is 1. The Morgan fingerprint density at radius 2 is 1.67 bits per heavy atom. The van der Waals surface area contributed by atoms with E-state index in [2.05, 4.69) is 5.32 Å². The number of aromatic nitrogens is 1. The SMILES string of the molecule is Cc1cc(F)cc(C)c1-c1cc([C@H](CC(=O)O)NC(=O)[C@@H](CC(C)C)n2cc(C3CCN(C)CC3)c(C(F)(F)F)cc2=O)cc2c1CCC2. The molecule has 0 saturated carbocycles. The van der Waals surface area contributed by atoms with E-state index in [-0.39, 0.29) is 23.7 Å². The van der Waals surface area contributed by atoms with E-state index in [4.69, 9.17) is 0 Å². The fourth-order valence-corrected chi connectivity index (χ4v) is 7.68. The van der Waals surface area contributed by atoms with Crippen LogP contribution in [0.25, 0.3) is 11.1 Å². The van der Waals surface area contributed by atoms with Gasteiger partial charge in [-0.25, -0.2) is 4.39 Å². The molecule has 0 bridgehead atoms. The van der Waals surface area contributed by atoms with Crippen LogP contribution in [0.4, 0.5) is 17.6 Å². The van der Waals surface area contributed by atoms with Crippen molar-refractivity contribution >= 4 is 11.9 Å². The van der Waals surface area contributed by atoms with E-state index < -0.39 is 53.6 Å². The Morgan fingerprint density at radius 1 is 1.02 bits per heavy atom. The molecule has 0 spiro atoms. The van der Waals surface area contributed by atoms with Crippen LogP contribution in [0.2, 0.25) is 0 Å². The first kappa shape index (κ1) is 36.3. The largest absolute Gasteiger partial charge is 0.481 e. The molecule has 2 atom stereocenters. The smallest absolute Gasteiger partial charge is 0.416 e. The Labute approximate surface area is 284 Å². The maximum absolute atomic E-state index is 14.3. The number of piperidine rings is 1. The molecule has 49 heavy (non-hydrogen) atoms. The Morgan fingerprint density at radius 3 is 2.27 bits per heavy atom. The molecule has 0 unspecified atom stereocenters. The maximum Gasteiger partial charge on any atom is 0.416 e. The molecule has 3 aromatic rings. The summed E-state index contributed by atoms with van der Waals surface area (Å²) in [4.78, 5) is 41.8. The molecule has 5 rings (SSSR count). The van der Waals surface area contributed by atoms with Crippen molar-refractivity contribution in [1.82, 2.24) is 14.8 Å². The van der Waals surface area contributed by atoms with Crippen LogP contribution >= 0.6 is 0 Å². The predicted molar refractivity (Wildman–Crippen MR) is 180 cm³/mol. The van der Waals surface area contributed by atoms with Gasteiger partial charge in [-0.15, -0.1) is 0 Å². The number of fused-ring (bicyclic) bond motifs is 1. The molecule has 11 heteroatoms. The highest BCUT2D eigenvalue weighted by Crippen LogP contribution is 2.40. The van der Waals surface area contributed by atoms with Crippen molar-refractivity contribution in [2.45, 2.75) is 96.8 Å². The maximum atomic E-state index is 14.3. The summed E-state index contributed by atoms with van der Waals surface area (Å²) < 4.78 is 58.1. The predicted octanol–water partition coefficient (Wildman–Crippen LogP) is 7.51. The van der Waals surface area contributed by atoms with E-state index in [1.807, 2.05) is 51.8 Å². The zero-order valence-electron chi connectivity index (χ0n) is 28.7. The molecule has 1 aliphatic heterocycles. The lowest BCUT2D eigenvalue weighted by Crippen LogP contribution is -2.41. The molecule has 1 amide bonds. The topological polar surface area (TPSA) is 91.6 Å². The van der Waals surface area contributed by atoms with E-state index in [9.17, 15) is 37.1 Å². The van der Waals surface area contributed by atoms with Gasteiger partial charge in [0.25, 0.3) is 5.56 Å². The molecule has 264 valence electrons. The van der Waals surface area contributed by atoms with Crippen LogP contribution in [0.3, 0.4) is 0 Å². The number of nitrogens with one attached hydrogen (secondary N) is 1. The average molecular weight is 684 g/mol. The fraction of sp³-hybridized carbons (Fsp3) is 0.500. The summed E-state index contributed by atoms with van der Waals surface area (Å²) in [6, 6.07) is 5.13. The van der Waals surface area contributed by atoms with Crippen LogP contribution in [-0.2, 0) is 28.6 Å². The van der Waals surface area contributed by atoms with E-state index in [0.717, 1.165) is 57.2 Å². The van der Waals surface area contributed by atoms with Crippen LogP contribution in [-0.4, -0.2) is 46.6 Å². The molecule has 1 fully saturated rings. The first-order chi connectivity index (χ1) is 23.0. The lowest BCUT2D eigenvalue weighted by atomic mass is 9.87. The van der Waals surface area contributed by atoms with Gasteiger partial charge in [-0.3, -0.25) is 14.4 Å². The van der Waals surface area contributed by atoms with Gasteiger partial charge in [-0.05, 0) is 147 Å². The minimum atomic E-state index is -4.74. The van der Waals surface area contributed by atoms with Crippen molar-refractivity contribution in [2.75, 3.05) is 20.1 Å². The lowest BCUT2D eigenvalue weighted by molar-refractivity contribution is -0.139. The first-order valence-corrected chi connectivity index (χ1v) is 17.0. The molecule has 2 heterocycles. The highest BCUT2D eigenvalue weighted by atomic mass is 19.4. The Bertz CT molecular complexity index is 1770. The average Bonchev–Trinajstić information content (AvgIpc) is 3.48. The second-order valence-corrected chi connectivity index (χ2v) is 14.2. The summed E-state index contributed by atoms with van der Waals surface area (Å²) in [6.45, 7) is 8.56. The van der Waals surface area contributed by atoms with Gasteiger partial charge in [0.15, 0.2) is 0 Å². The summed E-state index contributed by atoms with van der Waals surface area (Å²) in [5, 5.41) is 12.8. The number of carbonyl (C=O) groups is 2. The van der Waals surface area contributed by atoms with E-state index in [1.54, 1.807) is 0 Å². The van der Waals surface area contributed by atoms with Crippen molar-refractivity contribution in [3.8, 4) is 11.1 Å². The number of carbonyl (C=O) groups excluding carboxylic acids is 1. The van der Waals surface area contributed by atoms with Gasteiger partial charge in [0, 0.05) is 12.3 Å². The van der Waals surface area contributed by atoms with Crippen LogP contribution < -0.4 is 10.9 Å². The fourth-order valence-electron chi connectivity index (χ4n) is 7.68. The van der Waals surface area contributed by atoms with Gasteiger partial charge in [0.1, 0.15) is 11.9 Å². The summed E-state index contributed by atoms with van der Waals surface area (Å²) in [6.07, 6.45) is -0.409. The number of likely N-dealkylation sites (tertiary alicyclic amines) is 1. The number of aliphatic carboxylic acids is 1. The minimum absolute atomic E-state index is 0.00264. The van der Waals surface area contributed by atoms with Crippen LogP contribution in [0.15, 0.2) is 41.3 Å². The number of carboxylic acids is 1. The third kappa shape index (κ3) is 8.09. The summed E-state index contributed by atoms with van der Waals surface area (Å²) in [5.41, 5.74) is 3.97. The molecule has 1 saturated heterocycles. The van der Waals surface area contributed by atoms with Gasteiger partial charge < -0.3 is 19.9 Å². The number of alkyl halides is 3. The molecular weight excluding hydrogens is 638 g/mol. The standard InChI is InChI=1S/C38H45F4N3O4/c1-21(2)13-33(45-20-30(24-9-11-44(5)12-10-24)31(18-34(45)46)38(40,41)42)37(49)43-32(19-35(47)48)26-16-25-7-6-8-28(25)29(17-26)36-22(3)14-27(39)15-23(36)4/h14-18,20-21,24,32-33H,6-13,19H2,1-5H3,(H,43,49)(H,47,48)/t32-,33+/m0/s1. The first-order valence-electron chi connectivity index (χ1n) is 17.0. The highest BCUT2D eigenvalue weighted by Gasteiger charge is 2.38. The number of halogens is 4. The zero-order chi connectivity index (χ0) is 35.8. The Hall–Kier alpha value is -3.99. The Kier molecular flexibility index (Phi) is 10.7. The second-order valence-electron chi connectivity index (χ2n) is 14.2. The van der Waals surface area contributed by atoms with Crippen molar-refractivity contribution < 1.29 is 32.3 Å². The van der Waals surface area contributed by atoms with Crippen molar-refractivity contribution in [2.24, 2.45) is 5.92 Å². The number of hydrogen-bond acceptors (Lipinski definition) is 4. The van der Waals surface area contributed by atoms with E-state index in [0.29, 0.717) is 37.6 Å². The van der Waals surface area contributed by atoms with E-state index >= 15 is 0 Å². The summed E-state index contributed by atoms with van der Waals surface area (Å²) in [5.74, 6) is -2.71. The molecule has 2 aromatic carbocycles. The third-order valence-electron chi connectivity index (χ3n) is 10.0. The molecule has 1 aliphatic carbocycles. The molecule has 0 radical (unpaired) electrons.